The van der Waals surface area contributed by atoms with Crippen molar-refractivity contribution < 1.29 is 76.3 Å². The second kappa shape index (κ2) is 15.4. The first kappa shape index (κ1) is 34.4. The molecule has 0 aromatic rings. The summed E-state index contributed by atoms with van der Waals surface area (Å²) >= 11 is 0. The van der Waals surface area contributed by atoms with E-state index in [1.807, 2.05) is 0 Å². The smallest absolute Gasteiger partial charge is 0.305 e. The number of esters is 7. The van der Waals surface area contributed by atoms with Gasteiger partial charge in [0.2, 0.25) is 12.4 Å². The first-order valence-corrected chi connectivity index (χ1v) is 12.8. The molecule has 0 bridgehead atoms. The van der Waals surface area contributed by atoms with Crippen LogP contribution in [0.3, 0.4) is 0 Å². The molecule has 2 fully saturated rings. The van der Waals surface area contributed by atoms with Crippen LogP contribution in [0, 0.1) is 0 Å². The Morgan fingerprint density at radius 2 is 0.905 bits per heavy atom. The van der Waals surface area contributed by atoms with Crippen LogP contribution in [0.5, 0.6) is 0 Å². The number of hydrogen-bond donors (Lipinski definition) is 0. The van der Waals surface area contributed by atoms with Gasteiger partial charge in [0.15, 0.2) is 30.5 Å². The summed E-state index contributed by atoms with van der Waals surface area (Å²) in [6.07, 6.45) is -10.7. The predicted molar refractivity (Wildman–Crippen MR) is 131 cm³/mol. The number of hydroxylamine groups is 2. The highest BCUT2D eigenvalue weighted by Gasteiger charge is 2.54. The van der Waals surface area contributed by atoms with Crippen LogP contribution in [-0.4, -0.2) is 116 Å². The standard InChI is InChI=1S/C25H35NO16/c1-11(27)35-18-8-26(9-19(36-12(2)28)21(18)37-13(3)29)34-10-20-22(38-14(4)30)23(39-15(5)31)24(40-16(6)32)25(42-20)41-17(7)33/h18-25H,8-10H2,1-7H3. The zero-order valence-corrected chi connectivity index (χ0v) is 24.2. The van der Waals surface area contributed by atoms with Gasteiger partial charge in [0.25, 0.3) is 0 Å². The van der Waals surface area contributed by atoms with E-state index in [1.165, 1.54) is 5.06 Å². The minimum Gasteiger partial charge on any atom is -0.457 e. The van der Waals surface area contributed by atoms with Crippen molar-refractivity contribution in [2.75, 3.05) is 19.7 Å². The summed E-state index contributed by atoms with van der Waals surface area (Å²) in [5.41, 5.74) is 0. The molecule has 0 saturated carbocycles. The van der Waals surface area contributed by atoms with Gasteiger partial charge in [-0.05, 0) is 0 Å². The molecule has 0 amide bonds. The van der Waals surface area contributed by atoms with Gasteiger partial charge in [0.1, 0.15) is 6.10 Å². The Labute approximate surface area is 240 Å². The summed E-state index contributed by atoms with van der Waals surface area (Å²) in [4.78, 5) is 88.7. The van der Waals surface area contributed by atoms with Crippen molar-refractivity contribution in [1.29, 1.82) is 0 Å². The number of piperidine rings is 1. The molecule has 7 unspecified atom stereocenters. The van der Waals surface area contributed by atoms with Crippen LogP contribution in [0.25, 0.3) is 0 Å². The van der Waals surface area contributed by atoms with Gasteiger partial charge in [-0.1, -0.05) is 0 Å². The number of nitrogens with zero attached hydrogens (tertiary/aromatic N) is 1. The van der Waals surface area contributed by atoms with Gasteiger partial charge in [0.05, 0.1) is 19.7 Å². The molecule has 236 valence electrons. The minimum absolute atomic E-state index is 0.170. The van der Waals surface area contributed by atoms with Gasteiger partial charge in [-0.25, -0.2) is 0 Å². The van der Waals surface area contributed by atoms with Crippen molar-refractivity contribution in [3.05, 3.63) is 0 Å². The lowest BCUT2D eigenvalue weighted by atomic mass is 9.98. The summed E-state index contributed by atoms with van der Waals surface area (Å²) in [6.45, 7) is 6.87. The lowest BCUT2D eigenvalue weighted by molar-refractivity contribution is -0.317. The summed E-state index contributed by atoms with van der Waals surface area (Å²) in [6, 6.07) is 0. The Kier molecular flexibility index (Phi) is 12.6. The molecule has 0 aromatic carbocycles. The van der Waals surface area contributed by atoms with Gasteiger partial charge in [-0.2, -0.15) is 5.06 Å². The van der Waals surface area contributed by atoms with E-state index in [1.54, 1.807) is 0 Å². The molecule has 2 rings (SSSR count). The van der Waals surface area contributed by atoms with Crippen LogP contribution in [0.15, 0.2) is 0 Å². The maximum absolute atomic E-state index is 12.0. The highest BCUT2D eigenvalue weighted by atomic mass is 16.8. The number of rotatable bonds is 10. The van der Waals surface area contributed by atoms with E-state index < -0.39 is 97.4 Å². The molecule has 0 N–H and O–H groups in total. The zero-order chi connectivity index (χ0) is 31.7. The van der Waals surface area contributed by atoms with Crippen molar-refractivity contribution in [2.24, 2.45) is 0 Å². The maximum Gasteiger partial charge on any atom is 0.305 e. The molecule has 0 aromatic heterocycles. The molecule has 0 radical (unpaired) electrons. The Morgan fingerprint density at radius 1 is 0.524 bits per heavy atom. The van der Waals surface area contributed by atoms with Gasteiger partial charge in [-0.3, -0.25) is 38.4 Å². The SMILES string of the molecule is CC(=O)OC1CN(OCC2OC(OC(C)=O)C(OC(C)=O)C(OC(C)=O)C2OC(C)=O)CC(OC(C)=O)C1OC(C)=O. The Bertz CT molecular complexity index is 1020. The fourth-order valence-corrected chi connectivity index (χ4v) is 4.43. The van der Waals surface area contributed by atoms with Crippen molar-refractivity contribution in [2.45, 2.75) is 97.5 Å². The van der Waals surface area contributed by atoms with E-state index in [0.29, 0.717) is 0 Å². The molecular formula is C25H35NO16. The average molecular weight is 606 g/mol. The normalized spacial score (nSPS) is 29.3. The molecule has 7 atom stereocenters. The van der Waals surface area contributed by atoms with Crippen LogP contribution < -0.4 is 0 Å². The van der Waals surface area contributed by atoms with E-state index >= 15 is 0 Å². The number of carbonyl (C=O) groups excluding carboxylic acids is 7. The van der Waals surface area contributed by atoms with Crippen molar-refractivity contribution >= 4 is 41.8 Å². The molecule has 17 heteroatoms. The monoisotopic (exact) mass is 605 g/mol. The van der Waals surface area contributed by atoms with Crippen LogP contribution in [0.2, 0.25) is 0 Å². The molecule has 2 aliphatic rings. The molecule has 2 aliphatic heterocycles. The van der Waals surface area contributed by atoms with Crippen LogP contribution >= 0.6 is 0 Å². The van der Waals surface area contributed by atoms with E-state index in [2.05, 4.69) is 0 Å². The fourth-order valence-electron chi connectivity index (χ4n) is 4.43. The minimum atomic E-state index is -1.60. The topological polar surface area (TPSA) is 206 Å². The first-order chi connectivity index (χ1) is 19.6. The molecule has 0 spiro atoms. The molecule has 2 heterocycles. The van der Waals surface area contributed by atoms with E-state index in [9.17, 15) is 33.6 Å². The average Bonchev–Trinajstić information content (AvgIpc) is 2.81. The van der Waals surface area contributed by atoms with E-state index in [4.69, 9.17) is 42.7 Å². The largest absolute Gasteiger partial charge is 0.457 e. The van der Waals surface area contributed by atoms with E-state index in [-0.39, 0.29) is 13.1 Å². The van der Waals surface area contributed by atoms with E-state index in [0.717, 1.165) is 48.5 Å². The third-order valence-corrected chi connectivity index (χ3v) is 5.64. The first-order valence-electron chi connectivity index (χ1n) is 12.8. The zero-order valence-electron chi connectivity index (χ0n) is 24.2. The molecule has 0 aliphatic carbocycles. The third kappa shape index (κ3) is 10.5. The number of hydrogen-bond acceptors (Lipinski definition) is 17. The Morgan fingerprint density at radius 3 is 1.33 bits per heavy atom. The van der Waals surface area contributed by atoms with Gasteiger partial charge in [0, 0.05) is 48.5 Å². The second-order valence-electron chi connectivity index (χ2n) is 9.39. The van der Waals surface area contributed by atoms with Crippen molar-refractivity contribution in [3.63, 3.8) is 0 Å². The molecule has 42 heavy (non-hydrogen) atoms. The van der Waals surface area contributed by atoms with Crippen LogP contribution in [-0.2, 0) is 76.3 Å². The second-order valence-corrected chi connectivity index (χ2v) is 9.39. The molecule has 2 saturated heterocycles. The number of ether oxygens (including phenoxy) is 8. The summed E-state index contributed by atoms with van der Waals surface area (Å²) in [5, 5.41) is 1.23. The predicted octanol–water partition coefficient (Wildman–Crippen LogP) is -0.888. The van der Waals surface area contributed by atoms with Gasteiger partial charge < -0.3 is 37.9 Å². The maximum atomic E-state index is 12.0. The van der Waals surface area contributed by atoms with Crippen LogP contribution in [0.4, 0.5) is 0 Å². The fraction of sp³-hybridized carbons (Fsp3) is 0.720. The number of carbonyl (C=O) groups is 7. The highest BCUT2D eigenvalue weighted by Crippen LogP contribution is 2.31. The molecular weight excluding hydrogens is 570 g/mol. The van der Waals surface area contributed by atoms with Crippen molar-refractivity contribution in [1.82, 2.24) is 5.06 Å². The lowest BCUT2D eigenvalue weighted by Gasteiger charge is -2.45. The van der Waals surface area contributed by atoms with Gasteiger partial charge in [-0.15, -0.1) is 0 Å². The lowest BCUT2D eigenvalue weighted by Crippen LogP contribution is -2.64. The Balaban J connectivity index is 2.38. The quantitative estimate of drug-likeness (QED) is 0.219. The molecule has 17 nitrogen and oxygen atoms in total. The highest BCUT2D eigenvalue weighted by molar-refractivity contribution is 5.70. The summed E-state index contributed by atoms with van der Waals surface area (Å²) in [5.74, 6) is -5.45. The summed E-state index contributed by atoms with van der Waals surface area (Å²) in [7, 11) is 0. The Hall–Kier alpha value is -3.83. The van der Waals surface area contributed by atoms with Crippen LogP contribution in [0.1, 0.15) is 48.5 Å². The van der Waals surface area contributed by atoms with Crippen molar-refractivity contribution in [3.8, 4) is 0 Å². The summed E-state index contributed by atoms with van der Waals surface area (Å²) < 4.78 is 42.7. The third-order valence-electron chi connectivity index (χ3n) is 5.64. The van der Waals surface area contributed by atoms with Gasteiger partial charge >= 0.3 is 41.8 Å².